The van der Waals surface area contributed by atoms with E-state index in [4.69, 9.17) is 0 Å². The van der Waals surface area contributed by atoms with E-state index in [1.54, 1.807) is 0 Å². The number of nitrogens with one attached hydrogen (secondary N) is 1. The summed E-state index contributed by atoms with van der Waals surface area (Å²) in [6.07, 6.45) is 3.67. The lowest BCUT2D eigenvalue weighted by molar-refractivity contribution is -0.136. The van der Waals surface area contributed by atoms with Gasteiger partial charge in [-0.05, 0) is 19.8 Å². The van der Waals surface area contributed by atoms with E-state index in [1.165, 1.54) is 11.2 Å². The lowest BCUT2D eigenvalue weighted by Crippen LogP contribution is -2.61. The van der Waals surface area contributed by atoms with Gasteiger partial charge in [-0.1, -0.05) is 12.8 Å². The molecule has 0 aromatic rings. The van der Waals surface area contributed by atoms with Gasteiger partial charge in [-0.3, -0.25) is 14.9 Å². The van der Waals surface area contributed by atoms with Gasteiger partial charge in [0.25, 0.3) is 10.2 Å². The molecule has 2 aliphatic heterocycles. The molecule has 1 unspecified atom stereocenters. The molecule has 1 atom stereocenters. The van der Waals surface area contributed by atoms with Crippen molar-refractivity contribution in [2.75, 3.05) is 19.6 Å². The van der Waals surface area contributed by atoms with Gasteiger partial charge in [0, 0.05) is 13.1 Å². The molecule has 8 heteroatoms. The van der Waals surface area contributed by atoms with Gasteiger partial charge < -0.3 is 0 Å². The maximum atomic E-state index is 12.5. The van der Waals surface area contributed by atoms with Crippen LogP contribution in [0.5, 0.6) is 0 Å². The number of carbonyl (C=O) groups is 2. The van der Waals surface area contributed by atoms with Gasteiger partial charge in [-0.15, -0.1) is 0 Å². The molecular formula is C11H19N3O4S. The van der Waals surface area contributed by atoms with E-state index < -0.39 is 28.1 Å². The van der Waals surface area contributed by atoms with E-state index in [-0.39, 0.29) is 6.54 Å². The van der Waals surface area contributed by atoms with Crippen LogP contribution in [0.1, 0.15) is 32.6 Å². The van der Waals surface area contributed by atoms with Crippen LogP contribution >= 0.6 is 0 Å². The van der Waals surface area contributed by atoms with Crippen molar-refractivity contribution in [1.29, 1.82) is 0 Å². The Kier molecular flexibility index (Phi) is 4.22. The van der Waals surface area contributed by atoms with Crippen molar-refractivity contribution in [3.8, 4) is 0 Å². The topological polar surface area (TPSA) is 86.8 Å². The average Bonchev–Trinajstić information content (AvgIpc) is 2.62. The number of amides is 2. The molecule has 0 saturated carbocycles. The summed E-state index contributed by atoms with van der Waals surface area (Å²) in [5.41, 5.74) is 0. The Balaban J connectivity index is 2.21. The smallest absolute Gasteiger partial charge is 0.283 e. The number of imide groups is 1. The van der Waals surface area contributed by atoms with Crippen LogP contribution in [0.3, 0.4) is 0 Å². The molecule has 0 aliphatic carbocycles. The van der Waals surface area contributed by atoms with E-state index >= 15 is 0 Å². The second kappa shape index (κ2) is 5.56. The molecule has 19 heavy (non-hydrogen) atoms. The zero-order chi connectivity index (χ0) is 14.0. The molecule has 0 bridgehead atoms. The van der Waals surface area contributed by atoms with Crippen molar-refractivity contribution in [2.24, 2.45) is 0 Å². The number of piperazine rings is 1. The number of carbonyl (C=O) groups excluding carboxylic acids is 2. The highest BCUT2D eigenvalue weighted by atomic mass is 32.2. The minimum Gasteiger partial charge on any atom is -0.294 e. The van der Waals surface area contributed by atoms with Crippen LogP contribution in [0.25, 0.3) is 0 Å². The molecule has 0 aromatic heterocycles. The van der Waals surface area contributed by atoms with Crippen LogP contribution in [-0.2, 0) is 19.8 Å². The third kappa shape index (κ3) is 2.96. The summed E-state index contributed by atoms with van der Waals surface area (Å²) < 4.78 is 27.4. The van der Waals surface area contributed by atoms with E-state index in [2.05, 4.69) is 5.32 Å². The van der Waals surface area contributed by atoms with Crippen LogP contribution in [0.15, 0.2) is 0 Å². The first-order chi connectivity index (χ1) is 8.93. The lowest BCUT2D eigenvalue weighted by Gasteiger charge is -2.34. The molecule has 108 valence electrons. The number of hydrogen-bond donors (Lipinski definition) is 1. The third-order valence-corrected chi connectivity index (χ3v) is 5.62. The molecule has 7 nitrogen and oxygen atoms in total. The summed E-state index contributed by atoms with van der Waals surface area (Å²) in [5, 5.41) is 2.14. The predicted octanol–water partition coefficient (Wildman–Crippen LogP) is -0.546. The monoisotopic (exact) mass is 289 g/mol. The Labute approximate surface area is 113 Å². The van der Waals surface area contributed by atoms with Gasteiger partial charge in [0.1, 0.15) is 6.04 Å². The predicted molar refractivity (Wildman–Crippen MR) is 68.3 cm³/mol. The standard InChI is InChI=1S/C11H19N3O4S/c1-9-11(16)12-10(15)8-14(9)19(17,18)13-6-4-2-3-5-7-13/h9H,2-8H2,1H3,(H,12,15,16). The fourth-order valence-electron chi connectivity index (χ4n) is 2.39. The maximum absolute atomic E-state index is 12.5. The van der Waals surface area contributed by atoms with Gasteiger partial charge in [0.2, 0.25) is 11.8 Å². The van der Waals surface area contributed by atoms with Crippen molar-refractivity contribution < 1.29 is 18.0 Å². The highest BCUT2D eigenvalue weighted by molar-refractivity contribution is 7.86. The fraction of sp³-hybridized carbons (Fsp3) is 0.818. The molecule has 0 aromatic carbocycles. The summed E-state index contributed by atoms with van der Waals surface area (Å²) in [4.78, 5) is 22.9. The minimum absolute atomic E-state index is 0.286. The van der Waals surface area contributed by atoms with E-state index in [9.17, 15) is 18.0 Å². The molecule has 2 saturated heterocycles. The number of rotatable bonds is 2. The van der Waals surface area contributed by atoms with Crippen LogP contribution in [0, 0.1) is 0 Å². The van der Waals surface area contributed by atoms with Crippen molar-refractivity contribution in [1.82, 2.24) is 13.9 Å². The molecule has 0 radical (unpaired) electrons. The Morgan fingerprint density at radius 2 is 1.68 bits per heavy atom. The average molecular weight is 289 g/mol. The van der Waals surface area contributed by atoms with Crippen molar-refractivity contribution in [3.63, 3.8) is 0 Å². The van der Waals surface area contributed by atoms with Gasteiger partial charge >= 0.3 is 0 Å². The van der Waals surface area contributed by atoms with Gasteiger partial charge in [-0.2, -0.15) is 17.0 Å². The van der Waals surface area contributed by atoms with Crippen molar-refractivity contribution >= 4 is 22.0 Å². The highest BCUT2D eigenvalue weighted by Crippen LogP contribution is 2.19. The molecule has 2 heterocycles. The SMILES string of the molecule is CC1C(=O)NC(=O)CN1S(=O)(=O)N1CCCCCC1. The first-order valence-electron chi connectivity index (χ1n) is 6.53. The summed E-state index contributed by atoms with van der Waals surface area (Å²) >= 11 is 0. The van der Waals surface area contributed by atoms with Crippen LogP contribution in [0.4, 0.5) is 0 Å². The summed E-state index contributed by atoms with van der Waals surface area (Å²) in [5.74, 6) is -1.13. The number of hydrogen-bond acceptors (Lipinski definition) is 4. The van der Waals surface area contributed by atoms with Gasteiger partial charge in [-0.25, -0.2) is 0 Å². The van der Waals surface area contributed by atoms with E-state index in [0.717, 1.165) is 30.0 Å². The normalized spacial score (nSPS) is 27.9. The molecular weight excluding hydrogens is 270 g/mol. The quantitative estimate of drug-likeness (QED) is 0.691. The summed E-state index contributed by atoms with van der Waals surface area (Å²) in [7, 11) is -3.74. The molecule has 2 amide bonds. The van der Waals surface area contributed by atoms with Crippen LogP contribution in [0.2, 0.25) is 0 Å². The largest absolute Gasteiger partial charge is 0.294 e. The third-order valence-electron chi connectivity index (χ3n) is 3.56. The highest BCUT2D eigenvalue weighted by Gasteiger charge is 2.41. The number of nitrogens with zero attached hydrogens (tertiary/aromatic N) is 2. The minimum atomic E-state index is -3.74. The molecule has 0 spiro atoms. The summed E-state index contributed by atoms with van der Waals surface area (Å²) in [6.45, 7) is 2.13. The Hall–Kier alpha value is -0.990. The Morgan fingerprint density at radius 3 is 2.26 bits per heavy atom. The molecule has 2 aliphatic rings. The van der Waals surface area contributed by atoms with Crippen LogP contribution < -0.4 is 5.32 Å². The van der Waals surface area contributed by atoms with E-state index in [0.29, 0.717) is 13.1 Å². The van der Waals surface area contributed by atoms with Crippen LogP contribution in [-0.4, -0.2) is 54.5 Å². The molecule has 2 fully saturated rings. The molecule has 1 N–H and O–H groups in total. The maximum Gasteiger partial charge on any atom is 0.283 e. The zero-order valence-corrected chi connectivity index (χ0v) is 11.8. The second-order valence-corrected chi connectivity index (χ2v) is 6.84. The van der Waals surface area contributed by atoms with Gasteiger partial charge in [0.05, 0.1) is 6.54 Å². The Bertz CT molecular complexity index is 468. The van der Waals surface area contributed by atoms with E-state index in [1.807, 2.05) is 0 Å². The molecule has 2 rings (SSSR count). The fourth-order valence-corrected chi connectivity index (χ4v) is 4.18. The summed E-state index contributed by atoms with van der Waals surface area (Å²) in [6, 6.07) is -0.842. The first kappa shape index (κ1) is 14.4. The second-order valence-electron chi connectivity index (χ2n) is 4.95. The first-order valence-corrected chi connectivity index (χ1v) is 7.93. The van der Waals surface area contributed by atoms with Crippen molar-refractivity contribution in [2.45, 2.75) is 38.6 Å². The van der Waals surface area contributed by atoms with Crippen molar-refractivity contribution in [3.05, 3.63) is 0 Å². The lowest BCUT2D eigenvalue weighted by atomic mass is 10.2. The zero-order valence-electron chi connectivity index (χ0n) is 11.0. The Morgan fingerprint density at radius 1 is 1.11 bits per heavy atom. The van der Waals surface area contributed by atoms with Gasteiger partial charge in [0.15, 0.2) is 0 Å².